The number of nitrogens with zero attached hydrogens (tertiary/aromatic N) is 2. The molecule has 2 rings (SSSR count). The lowest BCUT2D eigenvalue weighted by Crippen LogP contribution is -2.42. The molecule has 0 unspecified atom stereocenters. The molecule has 0 bridgehead atoms. The molecule has 4 N–H and O–H groups in total. The zero-order chi connectivity index (χ0) is 27.4. The number of hydrogen-bond donors (Lipinski definition) is 2. The van der Waals surface area contributed by atoms with Gasteiger partial charge in [0.05, 0.1) is 22.5 Å². The Bertz CT molecular complexity index is 987. The molecule has 8 nitrogen and oxygen atoms in total. The third-order valence-electron chi connectivity index (χ3n) is 4.99. The van der Waals surface area contributed by atoms with Crippen molar-refractivity contribution in [2.45, 2.75) is 90.5 Å². The van der Waals surface area contributed by atoms with Crippen LogP contribution in [0.3, 0.4) is 0 Å². The molecule has 36 heavy (non-hydrogen) atoms. The molecule has 0 saturated heterocycles. The minimum atomic E-state index is -0.691. The highest BCUT2D eigenvalue weighted by Crippen LogP contribution is 2.26. The summed E-state index contributed by atoms with van der Waals surface area (Å²) in [6.45, 7) is 14.9. The Hall–Kier alpha value is -3.10. The van der Waals surface area contributed by atoms with Crippen molar-refractivity contribution in [1.82, 2.24) is 0 Å². The van der Waals surface area contributed by atoms with Crippen LogP contribution in [0.5, 0.6) is 0 Å². The summed E-state index contributed by atoms with van der Waals surface area (Å²) in [5.41, 5.74) is 11.8. The standard InChI is InChI=1S/C28H40N4O4/c1-25(2,29)17-27(5,6)35-23(33)19-9-13-21(14-10-19)31-32-22-15-11-20(12-16-22)24(34)36-28(7,8)18-26(3,4)30/h9-16H,17-18,29-30H2,1-8H3/b32-31+. The van der Waals surface area contributed by atoms with Crippen molar-refractivity contribution in [2.75, 3.05) is 0 Å². The Morgan fingerprint density at radius 3 is 1.14 bits per heavy atom. The van der Waals surface area contributed by atoms with E-state index in [9.17, 15) is 9.59 Å². The maximum Gasteiger partial charge on any atom is 0.338 e. The number of carbonyl (C=O) groups excluding carboxylic acids is 2. The van der Waals surface area contributed by atoms with Gasteiger partial charge in [0.25, 0.3) is 0 Å². The van der Waals surface area contributed by atoms with Crippen LogP contribution >= 0.6 is 0 Å². The highest BCUT2D eigenvalue weighted by molar-refractivity contribution is 5.90. The molecule has 2 aromatic carbocycles. The van der Waals surface area contributed by atoms with Crippen LogP contribution in [-0.4, -0.2) is 34.2 Å². The van der Waals surface area contributed by atoms with Crippen molar-refractivity contribution in [3.8, 4) is 0 Å². The predicted octanol–water partition coefficient (Wildman–Crippen LogP) is 6.23. The van der Waals surface area contributed by atoms with E-state index in [1.165, 1.54) is 0 Å². The molecular weight excluding hydrogens is 456 g/mol. The van der Waals surface area contributed by atoms with Gasteiger partial charge in [0, 0.05) is 23.9 Å². The molecular formula is C28H40N4O4. The van der Waals surface area contributed by atoms with Crippen LogP contribution < -0.4 is 11.5 Å². The summed E-state index contributed by atoms with van der Waals surface area (Å²) in [5, 5.41) is 8.40. The summed E-state index contributed by atoms with van der Waals surface area (Å²) in [7, 11) is 0. The molecule has 0 atom stereocenters. The minimum Gasteiger partial charge on any atom is -0.456 e. The fourth-order valence-corrected chi connectivity index (χ4v) is 4.33. The van der Waals surface area contributed by atoms with Crippen molar-refractivity contribution < 1.29 is 19.1 Å². The first-order valence-corrected chi connectivity index (χ1v) is 12.0. The average molecular weight is 497 g/mol. The molecule has 0 aromatic heterocycles. The van der Waals surface area contributed by atoms with E-state index in [-0.39, 0.29) is 0 Å². The summed E-state index contributed by atoms with van der Waals surface area (Å²) in [5.74, 6) is -0.846. The van der Waals surface area contributed by atoms with Gasteiger partial charge in [0.2, 0.25) is 0 Å². The van der Waals surface area contributed by atoms with Crippen LogP contribution in [-0.2, 0) is 9.47 Å². The monoisotopic (exact) mass is 496 g/mol. The topological polar surface area (TPSA) is 129 Å². The minimum absolute atomic E-state index is 0.417. The Morgan fingerprint density at radius 1 is 0.611 bits per heavy atom. The first-order valence-electron chi connectivity index (χ1n) is 12.0. The van der Waals surface area contributed by atoms with Gasteiger partial charge in [-0.2, -0.15) is 10.2 Å². The second kappa shape index (κ2) is 10.9. The van der Waals surface area contributed by atoms with Gasteiger partial charge in [-0.3, -0.25) is 0 Å². The van der Waals surface area contributed by atoms with Crippen molar-refractivity contribution in [3.63, 3.8) is 0 Å². The maximum atomic E-state index is 12.5. The molecule has 2 aromatic rings. The van der Waals surface area contributed by atoms with Gasteiger partial charge in [-0.15, -0.1) is 0 Å². The summed E-state index contributed by atoms with van der Waals surface area (Å²) in [4.78, 5) is 25.0. The van der Waals surface area contributed by atoms with Crippen LogP contribution in [0.15, 0.2) is 58.8 Å². The zero-order valence-electron chi connectivity index (χ0n) is 22.7. The smallest absolute Gasteiger partial charge is 0.338 e. The highest BCUT2D eigenvalue weighted by Gasteiger charge is 2.31. The fourth-order valence-electron chi connectivity index (χ4n) is 4.33. The number of hydrogen-bond acceptors (Lipinski definition) is 8. The third kappa shape index (κ3) is 10.3. The van der Waals surface area contributed by atoms with Crippen molar-refractivity contribution >= 4 is 23.3 Å². The average Bonchev–Trinajstić information content (AvgIpc) is 2.68. The van der Waals surface area contributed by atoms with Crippen LogP contribution in [0.1, 0.15) is 88.9 Å². The highest BCUT2D eigenvalue weighted by atomic mass is 16.6. The molecule has 0 saturated carbocycles. The van der Waals surface area contributed by atoms with Crippen LogP contribution in [0.2, 0.25) is 0 Å². The molecule has 0 aliphatic carbocycles. The van der Waals surface area contributed by atoms with E-state index in [0.717, 1.165) is 0 Å². The Balaban J connectivity index is 1.99. The number of nitrogens with two attached hydrogens (primary N) is 2. The molecule has 0 heterocycles. The van der Waals surface area contributed by atoms with Crippen molar-refractivity contribution in [2.24, 2.45) is 21.7 Å². The lowest BCUT2D eigenvalue weighted by molar-refractivity contribution is -0.0130. The van der Waals surface area contributed by atoms with E-state index in [2.05, 4.69) is 10.2 Å². The van der Waals surface area contributed by atoms with Crippen molar-refractivity contribution in [1.29, 1.82) is 0 Å². The molecule has 0 amide bonds. The lowest BCUT2D eigenvalue weighted by atomic mass is 9.90. The fraction of sp³-hybridized carbons (Fsp3) is 0.500. The number of carbonyl (C=O) groups is 2. The van der Waals surface area contributed by atoms with Gasteiger partial charge in [0.1, 0.15) is 11.2 Å². The maximum absolute atomic E-state index is 12.5. The number of rotatable bonds is 10. The largest absolute Gasteiger partial charge is 0.456 e. The van der Waals surface area contributed by atoms with E-state index in [4.69, 9.17) is 20.9 Å². The first-order chi connectivity index (χ1) is 16.3. The second-order valence-corrected chi connectivity index (χ2v) is 11.9. The van der Waals surface area contributed by atoms with E-state index in [1.54, 1.807) is 48.5 Å². The summed E-state index contributed by atoms with van der Waals surface area (Å²) < 4.78 is 11.3. The van der Waals surface area contributed by atoms with Gasteiger partial charge in [-0.1, -0.05) is 0 Å². The normalized spacial score (nSPS) is 13.1. The van der Waals surface area contributed by atoms with E-state index in [1.807, 2.05) is 55.4 Å². The van der Waals surface area contributed by atoms with E-state index in [0.29, 0.717) is 35.3 Å². The quantitative estimate of drug-likeness (QED) is 0.296. The number of azo groups is 1. The van der Waals surface area contributed by atoms with Crippen LogP contribution in [0.4, 0.5) is 11.4 Å². The van der Waals surface area contributed by atoms with Crippen LogP contribution in [0, 0.1) is 0 Å². The molecule has 0 aliphatic rings. The Morgan fingerprint density at radius 2 is 0.889 bits per heavy atom. The number of ether oxygens (including phenoxy) is 2. The van der Waals surface area contributed by atoms with Gasteiger partial charge in [-0.25, -0.2) is 9.59 Å². The Labute approximate surface area is 214 Å². The molecule has 0 radical (unpaired) electrons. The second-order valence-electron chi connectivity index (χ2n) is 11.9. The number of benzene rings is 2. The molecule has 8 heteroatoms. The summed E-state index contributed by atoms with van der Waals surface area (Å²) in [6, 6.07) is 13.3. The van der Waals surface area contributed by atoms with Gasteiger partial charge in [-0.05, 0) is 104 Å². The Kier molecular flexibility index (Phi) is 8.81. The molecule has 0 fully saturated rings. The molecule has 0 spiro atoms. The predicted molar refractivity (Wildman–Crippen MR) is 142 cm³/mol. The molecule has 0 aliphatic heterocycles. The first kappa shape index (κ1) is 29.1. The van der Waals surface area contributed by atoms with Gasteiger partial charge >= 0.3 is 11.9 Å². The van der Waals surface area contributed by atoms with E-state index >= 15 is 0 Å². The third-order valence-corrected chi connectivity index (χ3v) is 4.99. The van der Waals surface area contributed by atoms with E-state index < -0.39 is 34.2 Å². The van der Waals surface area contributed by atoms with Crippen molar-refractivity contribution in [3.05, 3.63) is 59.7 Å². The molecule has 196 valence electrons. The SMILES string of the molecule is CC(C)(N)CC(C)(C)OC(=O)c1ccc(/N=N/c2ccc(C(=O)OC(C)(C)CC(C)(C)N)cc2)cc1. The number of esters is 2. The van der Waals surface area contributed by atoms with Gasteiger partial charge in [0.15, 0.2) is 0 Å². The van der Waals surface area contributed by atoms with Crippen LogP contribution in [0.25, 0.3) is 0 Å². The lowest BCUT2D eigenvalue weighted by Gasteiger charge is -2.32. The van der Waals surface area contributed by atoms with Gasteiger partial charge < -0.3 is 20.9 Å². The summed E-state index contributed by atoms with van der Waals surface area (Å²) in [6.07, 6.45) is 1.05. The zero-order valence-corrected chi connectivity index (χ0v) is 22.7. The summed E-state index contributed by atoms with van der Waals surface area (Å²) >= 11 is 0.